The number of likely N-dealkylation sites (N-methyl/N-ethyl adjacent to an activating group) is 2. The van der Waals surface area contributed by atoms with E-state index < -0.39 is 309 Å². The van der Waals surface area contributed by atoms with E-state index in [0.29, 0.717) is 20.8 Å². The first-order valence-corrected chi connectivity index (χ1v) is 35.4. The van der Waals surface area contributed by atoms with Crippen LogP contribution in [-0.4, -0.2) is 77.9 Å². The van der Waals surface area contributed by atoms with Gasteiger partial charge in [0, 0.05) is 35.7 Å². The van der Waals surface area contributed by atoms with Gasteiger partial charge in [-0.15, -0.1) is 0 Å². The largest absolute Gasteiger partial charge is 0.439 e. The summed E-state index contributed by atoms with van der Waals surface area (Å²) in [6.07, 6.45) is -27.6. The van der Waals surface area contributed by atoms with Gasteiger partial charge >= 0.3 is 66.7 Å². The zero-order chi connectivity index (χ0) is 107. The van der Waals surface area contributed by atoms with E-state index in [0.717, 1.165) is 20.3 Å². The Hall–Kier alpha value is -10.6. The summed E-state index contributed by atoms with van der Waals surface area (Å²) in [7, 11) is -0.260. The molecule has 8 aromatic rings. The lowest BCUT2D eigenvalue weighted by Gasteiger charge is -2.46. The van der Waals surface area contributed by atoms with E-state index in [1.165, 1.54) is 40.3 Å². The maximum Gasteiger partial charge on any atom is 0.439 e. The predicted octanol–water partition coefficient (Wildman–Crippen LogP) is 31.0. The summed E-state index contributed by atoms with van der Waals surface area (Å²) in [6, 6.07) is -8.84. The van der Waals surface area contributed by atoms with Gasteiger partial charge in [0.15, 0.2) is 145 Å². The van der Waals surface area contributed by atoms with Gasteiger partial charge in [-0.05, 0) is 87.3 Å². The van der Waals surface area contributed by atoms with Crippen molar-refractivity contribution in [2.24, 2.45) is 0 Å². The van der Waals surface area contributed by atoms with Crippen LogP contribution in [0.2, 0.25) is 0 Å². The standard InChI is InChI=1S/C14H5F9.C13H3F9.C10H14.C9H12.C8H5F5.C7H3F5.C6H5F8NO.C5H3F8NO.C4H3F5.C3H3F3/c1-2-3-6(15)8(17)4(9(18)7(3)16)5-10(19)12(21)14(23)13(22)11(5)20;1-2-5(14)7(16)3(8(17)6(2)15)4-9(18)11(20)13(22)12(21)10(4)19;1-4-10-6-8(2)5-9(3)7-10;1-7-4-8(2)6-9(3)5-7;1-2-3-4(9)6(11)8(13)7(12)5(3)10;1-2-3(8)5(10)7(12)6(11)4(2)9;1-2-15-3(7,8)5(11,12)16-6(13,14)4(15,9)10;1-14-2(6,7)4(10,11)15-5(12,13)3(14,8)9;1-4(8,9)2(5)3(6)7;1-2(4)3(5)6/h2H2,1H3;1H3;5-7H,4H2,1-3H3;4-6H,1-3H3;2H2,1H3;1H3;2H2,1H3;1H3;1H3;1H3. The summed E-state index contributed by atoms with van der Waals surface area (Å²) in [5.74, 6) is -69.7. The van der Waals surface area contributed by atoms with Crippen molar-refractivity contribution in [3.05, 3.63) is 279 Å². The third-order valence-corrected chi connectivity index (χ3v) is 16.8. The number of benzene rings is 8. The fourth-order valence-electron chi connectivity index (χ4n) is 10.2. The van der Waals surface area contributed by atoms with Gasteiger partial charge in [0.2, 0.25) is 29.1 Å². The van der Waals surface area contributed by atoms with Crippen LogP contribution in [0.4, 0.5) is 228 Å². The minimum atomic E-state index is -5.70. The molecule has 0 amide bonds. The zero-order valence-electron chi connectivity index (χ0n) is 69.2. The fraction of sp³-hybridized carbons (Fsp3) is 0.342. The summed E-state index contributed by atoms with van der Waals surface area (Å²) in [6.45, 7) is 16.7. The van der Waals surface area contributed by atoms with Crippen LogP contribution >= 0.6 is 0 Å². The molecule has 0 N–H and O–H groups in total. The molecule has 2 fully saturated rings. The molecule has 0 aromatic heterocycles. The molecule has 0 atom stereocenters. The number of hydrogen-bond donors (Lipinski definition) is 0. The van der Waals surface area contributed by atoms with Crippen molar-refractivity contribution in [2.45, 2.75) is 164 Å². The summed E-state index contributed by atoms with van der Waals surface area (Å²) >= 11 is 0. The van der Waals surface area contributed by atoms with Crippen LogP contribution < -0.4 is 0 Å². The van der Waals surface area contributed by atoms with Gasteiger partial charge in [0.1, 0.15) is 0 Å². The minimum absolute atomic E-state index is 0.0570. The van der Waals surface area contributed by atoms with E-state index in [4.69, 9.17) is 0 Å². The number of nitrogens with zero attached hydrogens (tertiary/aromatic N) is 2. The van der Waals surface area contributed by atoms with Gasteiger partial charge < -0.3 is 0 Å². The van der Waals surface area contributed by atoms with Crippen molar-refractivity contribution in [2.75, 3.05) is 13.6 Å². The van der Waals surface area contributed by atoms with Crippen LogP contribution in [0, 0.1) is 211 Å². The third-order valence-electron chi connectivity index (χ3n) is 16.8. The van der Waals surface area contributed by atoms with E-state index in [-0.39, 0.29) is 20.4 Å². The Balaban J connectivity index is 0.000000766. The molecule has 0 spiro atoms. The molecule has 8 aromatic carbocycles. The van der Waals surface area contributed by atoms with Gasteiger partial charge in [0.25, 0.3) is 0 Å². The lowest BCUT2D eigenvalue weighted by atomic mass is 9.98. The molecule has 2 aliphatic heterocycles. The molecule has 0 radical (unpaired) electrons. The molecule has 0 aliphatic carbocycles. The number of aryl methyl sites for hydroxylation is 6. The molecule has 0 bridgehead atoms. The molecule has 758 valence electrons. The van der Waals surface area contributed by atoms with Crippen LogP contribution in [0.25, 0.3) is 22.3 Å². The monoisotopic (exact) mass is 2050 g/mol. The first-order valence-electron chi connectivity index (χ1n) is 35.4. The molecule has 10 rings (SSSR count). The van der Waals surface area contributed by atoms with Crippen LogP contribution in [0.15, 0.2) is 60.2 Å². The van der Waals surface area contributed by atoms with Crippen molar-refractivity contribution >= 4 is 0 Å². The Kier molecular flexibility index (Phi) is 42.2. The van der Waals surface area contributed by atoms with Crippen LogP contribution in [0.5, 0.6) is 0 Å². The van der Waals surface area contributed by atoms with Gasteiger partial charge in [-0.2, -0.15) is 111 Å². The molecule has 135 heavy (non-hydrogen) atoms. The normalized spacial score (nSPS) is 15.5. The van der Waals surface area contributed by atoms with Crippen molar-refractivity contribution in [1.29, 1.82) is 0 Å². The highest BCUT2D eigenvalue weighted by atomic mass is 19.4. The number of allylic oxidation sites excluding steroid dienone is 2. The number of hydrogen-bond acceptors (Lipinski definition) is 4. The van der Waals surface area contributed by atoms with E-state index in [1.54, 1.807) is 0 Å². The third kappa shape index (κ3) is 27.0. The smallest absolute Gasteiger partial charge is 0.243 e. The second-order valence-corrected chi connectivity index (χ2v) is 26.7. The number of rotatable bonds is 7. The second-order valence-electron chi connectivity index (χ2n) is 26.7. The predicted molar refractivity (Wildman–Crippen MR) is 369 cm³/mol. The van der Waals surface area contributed by atoms with Gasteiger partial charge in [-0.3, -0.25) is 0 Å². The number of halogens is 52. The highest BCUT2D eigenvalue weighted by molar-refractivity contribution is 5.69. The summed E-state index contributed by atoms with van der Waals surface area (Å²) in [5.41, 5.74) is -3.82. The van der Waals surface area contributed by atoms with Crippen molar-refractivity contribution in [1.82, 2.24) is 9.80 Å². The highest BCUT2D eigenvalue weighted by Gasteiger charge is 2.83. The van der Waals surface area contributed by atoms with Gasteiger partial charge in [-0.25, -0.2) is 137 Å². The molecule has 2 aliphatic rings. The molecule has 2 saturated heterocycles. The zero-order valence-corrected chi connectivity index (χ0v) is 69.2. The molecule has 2 heterocycles. The quantitative estimate of drug-likeness (QED) is 0.0687. The van der Waals surface area contributed by atoms with Gasteiger partial charge in [0.05, 0.1) is 22.3 Å². The minimum Gasteiger partial charge on any atom is -0.243 e. The van der Waals surface area contributed by atoms with Crippen LogP contribution in [0.1, 0.15) is 97.2 Å². The van der Waals surface area contributed by atoms with Crippen molar-refractivity contribution in [3.63, 3.8) is 0 Å². The lowest BCUT2D eigenvalue weighted by molar-refractivity contribution is -0.562. The van der Waals surface area contributed by atoms with Crippen molar-refractivity contribution < 1.29 is 238 Å². The maximum absolute atomic E-state index is 13.8. The van der Waals surface area contributed by atoms with Crippen LogP contribution in [-0.2, 0) is 28.7 Å². The molecule has 56 heteroatoms. The molecule has 4 nitrogen and oxygen atoms in total. The molecule has 0 saturated carbocycles. The Morgan fingerprint density at radius 1 is 0.274 bits per heavy atom. The molecule has 0 unspecified atom stereocenters. The highest BCUT2D eigenvalue weighted by Crippen LogP contribution is 2.57. The molecular formula is C79H56F52N2O2. The summed E-state index contributed by atoms with van der Waals surface area (Å²) in [4.78, 5) is -3.31. The Morgan fingerprint density at radius 3 is 0.644 bits per heavy atom. The number of ether oxygens (including phenoxy) is 2. The van der Waals surface area contributed by atoms with E-state index in [9.17, 15) is 228 Å². The van der Waals surface area contributed by atoms with Gasteiger partial charge in [-0.1, -0.05) is 91.9 Å². The fourth-order valence-corrected chi connectivity index (χ4v) is 10.2. The lowest BCUT2D eigenvalue weighted by Crippen LogP contribution is -2.73. The van der Waals surface area contributed by atoms with Crippen LogP contribution in [0.3, 0.4) is 0 Å². The Bertz CT molecular complexity index is 5180. The van der Waals surface area contributed by atoms with E-state index in [2.05, 4.69) is 87.4 Å². The topological polar surface area (TPSA) is 24.9 Å². The van der Waals surface area contributed by atoms with E-state index in [1.807, 2.05) is 0 Å². The Morgan fingerprint density at radius 2 is 0.452 bits per heavy atom. The summed E-state index contributed by atoms with van der Waals surface area (Å²) in [5, 5.41) is 0. The number of alkyl halides is 18. The number of morpholine rings is 2. The Labute approximate surface area is 724 Å². The average molecular weight is 2050 g/mol. The first kappa shape index (κ1) is 122. The van der Waals surface area contributed by atoms with E-state index >= 15 is 0 Å². The average Bonchev–Trinajstić information content (AvgIpc) is 0.717. The molecular weight excluding hydrogens is 2000 g/mol. The van der Waals surface area contributed by atoms with Crippen molar-refractivity contribution in [3.8, 4) is 22.3 Å². The maximum atomic E-state index is 13.8. The second kappa shape index (κ2) is 46.5. The first-order chi connectivity index (χ1) is 60.9. The summed E-state index contributed by atoms with van der Waals surface area (Å²) < 4.78 is 658. The SMILES string of the molecule is CC(F)(F)C(F)=C(F)F.CC(F)=C(F)F.CCN1C(F)(F)C(F)(F)OC(F)(F)C1(F)F.CCc1c(F)c(F)c(-c2c(F)c(F)c(F)c(F)c2F)c(F)c1F.CCc1c(F)c(F)c(F)c(F)c1F.CCc1cc(C)cc(C)c1.CN1C(F)(F)C(F)(F)OC(F)(F)C1(F)F.Cc1c(F)c(F)c(-c2c(F)c(F)c(F)c(F)c2F)c(F)c1F.Cc1c(F)c(F)c(F)c(F)c1F.Cc1cc(C)cc(C)c1.